The second kappa shape index (κ2) is 4.53. The van der Waals surface area contributed by atoms with Crippen LogP contribution in [0.2, 0.25) is 0 Å². The molecular weight excluding hydrogens is 219 g/mol. The summed E-state index contributed by atoms with van der Waals surface area (Å²) < 4.78 is 18.5. The number of benzene rings is 1. The summed E-state index contributed by atoms with van der Waals surface area (Å²) in [7, 11) is 0. The molecule has 0 aliphatic rings. The molecule has 0 bridgehead atoms. The lowest BCUT2D eigenvalue weighted by atomic mass is 10.1. The Bertz CT molecular complexity index is 555. The van der Waals surface area contributed by atoms with E-state index in [1.54, 1.807) is 31.2 Å². The van der Waals surface area contributed by atoms with Crippen LogP contribution in [0.1, 0.15) is 34.4 Å². The van der Waals surface area contributed by atoms with Gasteiger partial charge in [-0.2, -0.15) is 0 Å². The number of Topliss-reactive ketones (excluding diaryl/α,β-unsaturated/α-hetero) is 1. The lowest BCUT2D eigenvalue weighted by molar-refractivity contribution is 0.0985. The minimum Gasteiger partial charge on any atom is -0.458 e. The van der Waals surface area contributed by atoms with Crippen molar-refractivity contribution in [2.24, 2.45) is 0 Å². The van der Waals surface area contributed by atoms with Gasteiger partial charge >= 0.3 is 0 Å². The molecule has 0 atom stereocenters. The highest BCUT2D eigenvalue weighted by Crippen LogP contribution is 2.16. The third-order valence-corrected chi connectivity index (χ3v) is 2.61. The number of aryl methyl sites for hydroxylation is 1. The molecule has 0 aliphatic carbocycles. The SMILES string of the molecule is CC(=O)c1ccc(Cc2ccc(F)c(C)c2)o1. The molecular formula is C14H13FO2. The molecule has 0 aliphatic heterocycles. The van der Waals surface area contributed by atoms with Crippen LogP contribution in [0.15, 0.2) is 34.7 Å². The molecule has 0 amide bonds. The molecule has 88 valence electrons. The number of hydrogen-bond donors (Lipinski definition) is 0. The largest absolute Gasteiger partial charge is 0.458 e. The Hall–Kier alpha value is -1.90. The smallest absolute Gasteiger partial charge is 0.194 e. The molecule has 2 nitrogen and oxygen atoms in total. The van der Waals surface area contributed by atoms with E-state index in [-0.39, 0.29) is 11.6 Å². The maximum atomic E-state index is 13.1. The first kappa shape index (κ1) is 11.6. The van der Waals surface area contributed by atoms with Crippen molar-refractivity contribution in [1.29, 1.82) is 0 Å². The monoisotopic (exact) mass is 232 g/mol. The maximum absolute atomic E-state index is 13.1. The van der Waals surface area contributed by atoms with E-state index in [0.717, 1.165) is 5.56 Å². The minimum absolute atomic E-state index is 0.0912. The third kappa shape index (κ3) is 2.61. The minimum atomic E-state index is -0.211. The first-order valence-electron chi connectivity index (χ1n) is 5.41. The van der Waals surface area contributed by atoms with Gasteiger partial charge in [0.05, 0.1) is 0 Å². The molecule has 0 N–H and O–H groups in total. The van der Waals surface area contributed by atoms with Gasteiger partial charge in [-0.25, -0.2) is 4.39 Å². The summed E-state index contributed by atoms with van der Waals surface area (Å²) in [6.45, 7) is 3.19. The summed E-state index contributed by atoms with van der Waals surface area (Å²) >= 11 is 0. The fourth-order valence-corrected chi connectivity index (χ4v) is 1.68. The highest BCUT2D eigenvalue weighted by atomic mass is 19.1. The number of hydrogen-bond acceptors (Lipinski definition) is 2. The Labute approximate surface area is 99.1 Å². The summed E-state index contributed by atoms with van der Waals surface area (Å²) in [6, 6.07) is 8.38. The van der Waals surface area contributed by atoms with Crippen LogP contribution in [-0.4, -0.2) is 5.78 Å². The zero-order valence-electron chi connectivity index (χ0n) is 9.79. The molecule has 17 heavy (non-hydrogen) atoms. The summed E-state index contributed by atoms with van der Waals surface area (Å²) in [4.78, 5) is 11.1. The predicted octanol–water partition coefficient (Wildman–Crippen LogP) is 3.52. The van der Waals surface area contributed by atoms with E-state index in [1.165, 1.54) is 13.0 Å². The molecule has 0 fully saturated rings. The number of halogens is 1. The molecule has 0 saturated carbocycles. The first-order valence-corrected chi connectivity index (χ1v) is 5.41. The van der Waals surface area contributed by atoms with Crippen molar-refractivity contribution in [2.45, 2.75) is 20.3 Å². The van der Waals surface area contributed by atoms with E-state index in [2.05, 4.69) is 0 Å². The van der Waals surface area contributed by atoms with Gasteiger partial charge in [0.25, 0.3) is 0 Å². The van der Waals surface area contributed by atoms with Crippen LogP contribution in [0.3, 0.4) is 0 Å². The zero-order chi connectivity index (χ0) is 12.4. The van der Waals surface area contributed by atoms with E-state index in [4.69, 9.17) is 4.42 Å². The summed E-state index contributed by atoms with van der Waals surface area (Å²) in [5.41, 5.74) is 1.58. The zero-order valence-corrected chi connectivity index (χ0v) is 9.79. The van der Waals surface area contributed by atoms with Crippen molar-refractivity contribution < 1.29 is 13.6 Å². The van der Waals surface area contributed by atoms with Gasteiger partial charge in [-0.1, -0.05) is 12.1 Å². The Balaban J connectivity index is 2.19. The van der Waals surface area contributed by atoms with Crippen LogP contribution in [-0.2, 0) is 6.42 Å². The van der Waals surface area contributed by atoms with E-state index in [9.17, 15) is 9.18 Å². The number of furan rings is 1. The van der Waals surface area contributed by atoms with Crippen LogP contribution in [0.25, 0.3) is 0 Å². The van der Waals surface area contributed by atoms with Crippen molar-refractivity contribution in [3.05, 3.63) is 58.8 Å². The quantitative estimate of drug-likeness (QED) is 0.758. The highest BCUT2D eigenvalue weighted by Gasteiger charge is 2.07. The van der Waals surface area contributed by atoms with E-state index in [1.807, 2.05) is 0 Å². The average Bonchev–Trinajstić information content (AvgIpc) is 2.72. The molecule has 1 heterocycles. The summed E-state index contributed by atoms with van der Waals surface area (Å²) in [5.74, 6) is 0.768. The van der Waals surface area contributed by atoms with Gasteiger partial charge in [-0.3, -0.25) is 4.79 Å². The Morgan fingerprint density at radius 2 is 2.06 bits per heavy atom. The second-order valence-corrected chi connectivity index (χ2v) is 4.08. The van der Waals surface area contributed by atoms with Crippen molar-refractivity contribution in [3.8, 4) is 0 Å². The van der Waals surface area contributed by atoms with Crippen LogP contribution < -0.4 is 0 Å². The van der Waals surface area contributed by atoms with Crippen LogP contribution >= 0.6 is 0 Å². The number of carbonyl (C=O) groups excluding carboxylic acids is 1. The molecule has 2 rings (SSSR count). The van der Waals surface area contributed by atoms with Crippen LogP contribution in [0.4, 0.5) is 4.39 Å². The standard InChI is InChI=1S/C14H13FO2/c1-9-7-11(3-5-13(9)15)8-12-4-6-14(17-12)10(2)16/h3-7H,8H2,1-2H3. The molecule has 3 heteroatoms. The normalized spacial score (nSPS) is 10.5. The van der Waals surface area contributed by atoms with E-state index in [0.29, 0.717) is 23.5 Å². The molecule has 0 unspecified atom stereocenters. The van der Waals surface area contributed by atoms with Crippen molar-refractivity contribution in [1.82, 2.24) is 0 Å². The fraction of sp³-hybridized carbons (Fsp3) is 0.214. The lowest BCUT2D eigenvalue weighted by Crippen LogP contribution is -1.90. The number of rotatable bonds is 3. The lowest BCUT2D eigenvalue weighted by Gasteiger charge is -2.01. The fourth-order valence-electron chi connectivity index (χ4n) is 1.68. The van der Waals surface area contributed by atoms with Crippen LogP contribution in [0, 0.1) is 12.7 Å². The van der Waals surface area contributed by atoms with Gasteiger partial charge in [-0.05, 0) is 36.2 Å². The van der Waals surface area contributed by atoms with Crippen molar-refractivity contribution in [2.75, 3.05) is 0 Å². The summed E-state index contributed by atoms with van der Waals surface area (Å²) in [5, 5.41) is 0. The maximum Gasteiger partial charge on any atom is 0.194 e. The highest BCUT2D eigenvalue weighted by molar-refractivity contribution is 5.91. The molecule has 0 saturated heterocycles. The average molecular weight is 232 g/mol. The van der Waals surface area contributed by atoms with Crippen molar-refractivity contribution >= 4 is 5.78 Å². The topological polar surface area (TPSA) is 30.2 Å². The third-order valence-electron chi connectivity index (χ3n) is 2.61. The van der Waals surface area contributed by atoms with Crippen LogP contribution in [0.5, 0.6) is 0 Å². The molecule has 1 aromatic carbocycles. The molecule has 0 radical (unpaired) electrons. The Morgan fingerprint density at radius 1 is 1.29 bits per heavy atom. The molecule has 1 aromatic heterocycles. The Morgan fingerprint density at radius 3 is 2.65 bits per heavy atom. The predicted molar refractivity (Wildman–Crippen MR) is 62.7 cm³/mol. The molecule has 2 aromatic rings. The van der Waals surface area contributed by atoms with Gasteiger partial charge < -0.3 is 4.42 Å². The van der Waals surface area contributed by atoms with E-state index >= 15 is 0 Å². The number of ketones is 1. The van der Waals surface area contributed by atoms with Gasteiger partial charge in [0.15, 0.2) is 11.5 Å². The Kier molecular flexibility index (Phi) is 3.09. The van der Waals surface area contributed by atoms with Gasteiger partial charge in [0.2, 0.25) is 0 Å². The van der Waals surface area contributed by atoms with Gasteiger partial charge in [0, 0.05) is 13.3 Å². The summed E-state index contributed by atoms with van der Waals surface area (Å²) in [6.07, 6.45) is 0.564. The first-order chi connectivity index (χ1) is 8.06. The van der Waals surface area contributed by atoms with Gasteiger partial charge in [-0.15, -0.1) is 0 Å². The second-order valence-electron chi connectivity index (χ2n) is 4.08. The van der Waals surface area contributed by atoms with Gasteiger partial charge in [0.1, 0.15) is 11.6 Å². The number of carbonyl (C=O) groups is 1. The van der Waals surface area contributed by atoms with E-state index < -0.39 is 0 Å². The van der Waals surface area contributed by atoms with Crippen molar-refractivity contribution in [3.63, 3.8) is 0 Å². The molecule has 0 spiro atoms.